The van der Waals surface area contributed by atoms with Crippen molar-refractivity contribution in [3.8, 4) is 11.3 Å². The van der Waals surface area contributed by atoms with Crippen LogP contribution in [0.15, 0.2) is 54.6 Å². The van der Waals surface area contributed by atoms with Gasteiger partial charge >= 0.3 is 0 Å². The van der Waals surface area contributed by atoms with Gasteiger partial charge in [-0.15, -0.1) is 0 Å². The minimum Gasteiger partial charge on any atom is -0.353 e. The molecule has 5 heteroatoms. The van der Waals surface area contributed by atoms with E-state index in [0.717, 1.165) is 28.7 Å². The highest BCUT2D eigenvalue weighted by atomic mass is 16.2. The van der Waals surface area contributed by atoms with Crippen molar-refractivity contribution in [3.05, 3.63) is 54.6 Å². The molecule has 0 fully saturated rings. The second-order valence-electron chi connectivity index (χ2n) is 6.04. The number of rotatable bonds is 6. The molecule has 0 saturated carbocycles. The van der Waals surface area contributed by atoms with E-state index in [9.17, 15) is 4.79 Å². The molecule has 0 unspecified atom stereocenters. The van der Waals surface area contributed by atoms with Crippen LogP contribution in [0.4, 0.5) is 0 Å². The Morgan fingerprint density at radius 1 is 1.08 bits per heavy atom. The number of nitrogens with zero attached hydrogens (tertiary/aromatic N) is 3. The van der Waals surface area contributed by atoms with Crippen LogP contribution in [0.5, 0.6) is 0 Å². The van der Waals surface area contributed by atoms with Crippen molar-refractivity contribution in [2.24, 2.45) is 0 Å². The summed E-state index contributed by atoms with van der Waals surface area (Å²) in [4.78, 5) is 14.2. The maximum absolute atomic E-state index is 12.2. The Balaban J connectivity index is 1.85. The van der Waals surface area contributed by atoms with Crippen molar-refractivity contribution < 1.29 is 4.79 Å². The Hall–Kier alpha value is -2.66. The molecule has 0 aliphatic carbocycles. The molecule has 24 heavy (non-hydrogen) atoms. The van der Waals surface area contributed by atoms with E-state index in [1.54, 1.807) is 4.68 Å². The number of para-hydroxylation sites is 1. The lowest BCUT2D eigenvalue weighted by Gasteiger charge is -2.10. The van der Waals surface area contributed by atoms with Crippen molar-refractivity contribution in [2.75, 3.05) is 27.2 Å². The molecule has 0 aliphatic heterocycles. The van der Waals surface area contributed by atoms with Crippen molar-refractivity contribution >= 4 is 16.8 Å². The molecule has 0 spiro atoms. The molecule has 1 aromatic heterocycles. The molecule has 3 aromatic rings. The summed E-state index contributed by atoms with van der Waals surface area (Å²) in [5, 5.41) is 8.68. The van der Waals surface area contributed by atoms with Crippen LogP contribution in [0.25, 0.3) is 22.2 Å². The molecular weight excluding hydrogens is 300 g/mol. The second kappa shape index (κ2) is 7.27. The Bertz CT molecular complexity index is 824. The Morgan fingerprint density at radius 2 is 1.79 bits per heavy atom. The molecule has 0 radical (unpaired) electrons. The molecule has 0 bridgehead atoms. The lowest BCUT2D eigenvalue weighted by atomic mass is 10.1. The van der Waals surface area contributed by atoms with Crippen molar-refractivity contribution in [2.45, 2.75) is 6.54 Å². The number of benzene rings is 2. The average Bonchev–Trinajstić information content (AvgIpc) is 2.94. The van der Waals surface area contributed by atoms with E-state index in [4.69, 9.17) is 0 Å². The average molecular weight is 322 g/mol. The minimum absolute atomic E-state index is 0.0234. The standard InChI is InChI=1S/C19H22N4O/c1-22(2)13-12-20-18(24)14-23-17-11-7-6-10-16(17)19(21-23)15-8-4-3-5-9-15/h3-11H,12-14H2,1-2H3,(H,20,24). The molecule has 0 atom stereocenters. The van der Waals surface area contributed by atoms with Crippen LogP contribution in [0.3, 0.4) is 0 Å². The summed E-state index contributed by atoms with van der Waals surface area (Å²) in [6, 6.07) is 18.1. The Kier molecular flexibility index (Phi) is 4.91. The highest BCUT2D eigenvalue weighted by Gasteiger charge is 2.13. The van der Waals surface area contributed by atoms with E-state index in [2.05, 4.69) is 10.4 Å². The van der Waals surface area contributed by atoms with Crippen LogP contribution in [0.1, 0.15) is 0 Å². The predicted octanol–water partition coefficient (Wildman–Crippen LogP) is 2.38. The molecule has 2 aromatic carbocycles. The van der Waals surface area contributed by atoms with Gasteiger partial charge in [-0.05, 0) is 20.2 Å². The number of fused-ring (bicyclic) bond motifs is 1. The third-order valence-electron chi connectivity index (χ3n) is 3.88. The topological polar surface area (TPSA) is 50.2 Å². The first-order valence-corrected chi connectivity index (χ1v) is 8.07. The minimum atomic E-state index is -0.0234. The maximum Gasteiger partial charge on any atom is 0.241 e. The molecule has 124 valence electrons. The summed E-state index contributed by atoms with van der Waals surface area (Å²) in [5.74, 6) is -0.0234. The van der Waals surface area contributed by atoms with Gasteiger partial charge in [0.15, 0.2) is 0 Å². The van der Waals surface area contributed by atoms with Crippen LogP contribution in [-0.2, 0) is 11.3 Å². The predicted molar refractivity (Wildman–Crippen MR) is 96.7 cm³/mol. The summed E-state index contributed by atoms with van der Waals surface area (Å²) in [6.45, 7) is 1.68. The fourth-order valence-corrected chi connectivity index (χ4v) is 2.67. The van der Waals surface area contributed by atoms with E-state index in [-0.39, 0.29) is 12.5 Å². The maximum atomic E-state index is 12.2. The van der Waals surface area contributed by atoms with E-state index < -0.39 is 0 Å². The number of carbonyl (C=O) groups is 1. The number of amides is 1. The molecule has 1 heterocycles. The first kappa shape index (κ1) is 16.2. The van der Waals surface area contributed by atoms with E-state index in [0.29, 0.717) is 6.54 Å². The number of hydrogen-bond donors (Lipinski definition) is 1. The Morgan fingerprint density at radius 3 is 2.54 bits per heavy atom. The molecule has 1 amide bonds. The van der Waals surface area contributed by atoms with Crippen molar-refractivity contribution in [1.82, 2.24) is 20.0 Å². The van der Waals surface area contributed by atoms with Gasteiger partial charge in [-0.1, -0.05) is 48.5 Å². The highest BCUT2D eigenvalue weighted by Crippen LogP contribution is 2.27. The van der Waals surface area contributed by atoms with Crippen molar-refractivity contribution in [1.29, 1.82) is 0 Å². The zero-order valence-electron chi connectivity index (χ0n) is 14.1. The molecule has 0 saturated heterocycles. The zero-order chi connectivity index (χ0) is 16.9. The number of likely N-dealkylation sites (N-methyl/N-ethyl adjacent to an activating group) is 1. The fraction of sp³-hybridized carbons (Fsp3) is 0.263. The molecular formula is C19H22N4O. The van der Waals surface area contributed by atoms with Crippen molar-refractivity contribution in [3.63, 3.8) is 0 Å². The third-order valence-corrected chi connectivity index (χ3v) is 3.88. The SMILES string of the molecule is CN(C)CCNC(=O)Cn1nc(-c2ccccc2)c2ccccc21. The first-order valence-electron chi connectivity index (χ1n) is 8.07. The summed E-state index contributed by atoms with van der Waals surface area (Å²) in [5.41, 5.74) is 2.94. The lowest BCUT2D eigenvalue weighted by Crippen LogP contribution is -2.33. The number of carbonyl (C=O) groups excluding carboxylic acids is 1. The van der Waals surface area contributed by atoms with E-state index in [1.807, 2.05) is 73.6 Å². The molecule has 5 nitrogen and oxygen atoms in total. The Labute approximate surface area is 141 Å². The van der Waals surface area contributed by atoms with E-state index >= 15 is 0 Å². The van der Waals surface area contributed by atoms with Gasteiger partial charge in [0.05, 0.1) is 5.52 Å². The quantitative estimate of drug-likeness (QED) is 0.758. The van der Waals surface area contributed by atoms with Gasteiger partial charge in [0.25, 0.3) is 0 Å². The second-order valence-corrected chi connectivity index (χ2v) is 6.04. The summed E-state index contributed by atoms with van der Waals surface area (Å²) in [7, 11) is 3.97. The zero-order valence-corrected chi connectivity index (χ0v) is 14.1. The van der Waals surface area contributed by atoms with Gasteiger partial charge in [-0.25, -0.2) is 0 Å². The van der Waals surface area contributed by atoms with Gasteiger partial charge in [0.2, 0.25) is 5.91 Å². The summed E-state index contributed by atoms with van der Waals surface area (Å²) >= 11 is 0. The lowest BCUT2D eigenvalue weighted by molar-refractivity contribution is -0.121. The van der Waals surface area contributed by atoms with Gasteiger partial charge < -0.3 is 10.2 Å². The summed E-state index contributed by atoms with van der Waals surface area (Å²) < 4.78 is 1.78. The third kappa shape index (κ3) is 3.63. The van der Waals surface area contributed by atoms with Gasteiger partial charge in [-0.3, -0.25) is 9.48 Å². The van der Waals surface area contributed by atoms with Crippen LogP contribution in [0.2, 0.25) is 0 Å². The van der Waals surface area contributed by atoms with Crippen LogP contribution < -0.4 is 5.32 Å². The fourth-order valence-electron chi connectivity index (χ4n) is 2.67. The molecule has 1 N–H and O–H groups in total. The van der Waals surface area contributed by atoms with Gasteiger partial charge in [0.1, 0.15) is 12.2 Å². The number of nitrogens with one attached hydrogen (secondary N) is 1. The largest absolute Gasteiger partial charge is 0.353 e. The normalized spacial score (nSPS) is 11.1. The smallest absolute Gasteiger partial charge is 0.241 e. The summed E-state index contributed by atoms with van der Waals surface area (Å²) in [6.07, 6.45) is 0. The van der Waals surface area contributed by atoms with Crippen LogP contribution in [0, 0.1) is 0 Å². The molecule has 0 aliphatic rings. The van der Waals surface area contributed by atoms with Gasteiger partial charge in [-0.2, -0.15) is 5.10 Å². The highest BCUT2D eigenvalue weighted by molar-refractivity contribution is 5.94. The van der Waals surface area contributed by atoms with Crippen LogP contribution >= 0.6 is 0 Å². The monoisotopic (exact) mass is 322 g/mol. The molecule has 3 rings (SSSR count). The van der Waals surface area contributed by atoms with E-state index in [1.165, 1.54) is 0 Å². The number of aromatic nitrogens is 2. The number of hydrogen-bond acceptors (Lipinski definition) is 3. The first-order chi connectivity index (χ1) is 11.6. The van der Waals surface area contributed by atoms with Gasteiger partial charge in [0, 0.05) is 24.0 Å². The van der Waals surface area contributed by atoms with Crippen LogP contribution in [-0.4, -0.2) is 47.8 Å².